The van der Waals surface area contributed by atoms with Crippen LogP contribution in [0, 0.1) is 23.7 Å². The second-order valence-corrected chi connectivity index (χ2v) is 3.64. The van der Waals surface area contributed by atoms with Crippen molar-refractivity contribution in [2.45, 2.75) is 13.0 Å². The van der Waals surface area contributed by atoms with Crippen molar-refractivity contribution < 1.29 is 14.6 Å². The molecule has 0 bridgehead atoms. The molecule has 0 fully saturated rings. The molecule has 1 rings (SSSR count). The van der Waals surface area contributed by atoms with E-state index < -0.39 is 6.10 Å². The summed E-state index contributed by atoms with van der Waals surface area (Å²) in [6.07, 6.45) is 2.61. The van der Waals surface area contributed by atoms with E-state index in [4.69, 9.17) is 14.6 Å². The molecule has 0 unspecified atom stereocenters. The van der Waals surface area contributed by atoms with Gasteiger partial charge in [-0.2, -0.15) is 0 Å². The van der Waals surface area contributed by atoms with Gasteiger partial charge in [0.05, 0.1) is 14.2 Å². The molecule has 1 aromatic carbocycles. The smallest absolute Gasteiger partial charge is 0.161 e. The summed E-state index contributed by atoms with van der Waals surface area (Å²) in [6.45, 7) is 1.61. The Morgan fingerprint density at radius 2 is 1.79 bits per heavy atom. The van der Waals surface area contributed by atoms with E-state index in [-0.39, 0.29) is 0 Å². The highest BCUT2D eigenvalue weighted by atomic mass is 16.5. The maximum absolute atomic E-state index is 8.92. The maximum Gasteiger partial charge on any atom is 0.161 e. The minimum atomic E-state index is -0.622. The van der Waals surface area contributed by atoms with Gasteiger partial charge in [-0.1, -0.05) is 23.7 Å². The minimum absolute atomic E-state index is 0.622. The lowest BCUT2D eigenvalue weighted by molar-refractivity contribution is 0.253. The summed E-state index contributed by atoms with van der Waals surface area (Å²) in [5.41, 5.74) is 0.825. The monoisotopic (exact) mass is 256 g/mol. The lowest BCUT2D eigenvalue weighted by Crippen LogP contribution is -1.91. The van der Waals surface area contributed by atoms with Crippen LogP contribution in [0.4, 0.5) is 0 Å². The molecular weight excluding hydrogens is 240 g/mol. The van der Waals surface area contributed by atoms with Gasteiger partial charge in [-0.15, -0.1) is 0 Å². The number of aliphatic hydroxyl groups is 1. The number of rotatable bonds is 2. The molecule has 0 aliphatic carbocycles. The predicted molar refractivity (Wildman–Crippen MR) is 75.0 cm³/mol. The van der Waals surface area contributed by atoms with E-state index in [0.29, 0.717) is 11.5 Å². The molecule has 0 radical (unpaired) electrons. The van der Waals surface area contributed by atoms with Crippen LogP contribution in [0.15, 0.2) is 30.4 Å². The largest absolute Gasteiger partial charge is 0.493 e. The van der Waals surface area contributed by atoms with E-state index in [1.165, 1.54) is 0 Å². The number of hydrogen-bond acceptors (Lipinski definition) is 3. The van der Waals surface area contributed by atoms with Crippen molar-refractivity contribution in [3.05, 3.63) is 35.9 Å². The van der Waals surface area contributed by atoms with Gasteiger partial charge in [0.25, 0.3) is 0 Å². The molecule has 3 heteroatoms. The highest BCUT2D eigenvalue weighted by Crippen LogP contribution is 2.26. The van der Waals surface area contributed by atoms with Gasteiger partial charge in [-0.25, -0.2) is 0 Å². The first kappa shape index (κ1) is 14.7. The van der Waals surface area contributed by atoms with E-state index in [1.54, 1.807) is 45.4 Å². The van der Waals surface area contributed by atoms with Crippen LogP contribution >= 0.6 is 0 Å². The molecule has 0 heterocycles. The summed E-state index contributed by atoms with van der Waals surface area (Å²) in [5, 5.41) is 8.92. The average Bonchev–Trinajstić information content (AvgIpc) is 2.42. The molecule has 0 aliphatic rings. The first-order chi connectivity index (χ1) is 9.17. The fourth-order valence-electron chi connectivity index (χ4n) is 1.29. The third-order valence-electron chi connectivity index (χ3n) is 2.14. The Morgan fingerprint density at radius 3 is 2.42 bits per heavy atom. The Labute approximate surface area is 113 Å². The number of methoxy groups -OCH3 is 2. The molecule has 19 heavy (non-hydrogen) atoms. The molecule has 3 nitrogen and oxygen atoms in total. The van der Waals surface area contributed by atoms with Crippen molar-refractivity contribution in [2.75, 3.05) is 14.2 Å². The molecule has 0 aromatic heterocycles. The zero-order valence-corrected chi connectivity index (χ0v) is 11.2. The summed E-state index contributed by atoms with van der Waals surface area (Å²) in [6, 6.07) is 5.46. The summed E-state index contributed by atoms with van der Waals surface area (Å²) >= 11 is 0. The number of allylic oxidation sites excluding steroid dienone is 2. The van der Waals surface area contributed by atoms with Crippen LogP contribution in [0.1, 0.15) is 12.5 Å². The Bertz CT molecular complexity index is 563. The predicted octanol–water partition coefficient (Wildman–Crippen LogP) is 2.00. The maximum atomic E-state index is 8.92. The number of hydrogen-bond donors (Lipinski definition) is 1. The van der Waals surface area contributed by atoms with E-state index >= 15 is 0 Å². The molecule has 0 aliphatic heterocycles. The van der Waals surface area contributed by atoms with Crippen molar-refractivity contribution in [3.8, 4) is 35.2 Å². The van der Waals surface area contributed by atoms with Crippen molar-refractivity contribution in [1.82, 2.24) is 0 Å². The molecular formula is C16H16O3. The molecule has 0 amide bonds. The Hall–Kier alpha value is -2.36. The molecule has 1 aromatic rings. The summed E-state index contributed by atoms with van der Waals surface area (Å²) in [7, 11) is 3.17. The van der Waals surface area contributed by atoms with Crippen molar-refractivity contribution in [1.29, 1.82) is 0 Å². The van der Waals surface area contributed by atoms with Gasteiger partial charge in [0.15, 0.2) is 11.5 Å². The lowest BCUT2D eigenvalue weighted by atomic mass is 10.2. The van der Waals surface area contributed by atoms with Gasteiger partial charge in [0.2, 0.25) is 0 Å². The average molecular weight is 256 g/mol. The molecule has 0 saturated carbocycles. The highest BCUT2D eigenvalue weighted by Gasteiger charge is 2.02. The van der Waals surface area contributed by atoms with Gasteiger partial charge >= 0.3 is 0 Å². The minimum Gasteiger partial charge on any atom is -0.493 e. The quantitative estimate of drug-likeness (QED) is 0.822. The van der Waals surface area contributed by atoms with E-state index in [0.717, 1.165) is 5.56 Å². The van der Waals surface area contributed by atoms with Crippen LogP contribution in [0.5, 0.6) is 11.5 Å². The SMILES string of the molecule is COc1ccc(C#C/C=C\C#C[C@H](C)O)cc1OC. The van der Waals surface area contributed by atoms with Gasteiger partial charge in [0.1, 0.15) is 6.10 Å². The fourth-order valence-corrected chi connectivity index (χ4v) is 1.29. The van der Waals surface area contributed by atoms with Gasteiger partial charge in [-0.05, 0) is 37.3 Å². The fraction of sp³-hybridized carbons (Fsp3) is 0.250. The van der Waals surface area contributed by atoms with Crippen LogP contribution in [0.2, 0.25) is 0 Å². The zero-order valence-electron chi connectivity index (χ0n) is 11.2. The van der Waals surface area contributed by atoms with Crippen LogP contribution in [0.25, 0.3) is 0 Å². The second-order valence-electron chi connectivity index (χ2n) is 3.64. The van der Waals surface area contributed by atoms with Gasteiger partial charge in [-0.3, -0.25) is 0 Å². The van der Waals surface area contributed by atoms with Crippen LogP contribution < -0.4 is 9.47 Å². The Morgan fingerprint density at radius 1 is 1.11 bits per heavy atom. The Balaban J connectivity index is 2.77. The van der Waals surface area contributed by atoms with Crippen LogP contribution in [0.3, 0.4) is 0 Å². The summed E-state index contributed by atoms with van der Waals surface area (Å²) < 4.78 is 10.3. The first-order valence-electron chi connectivity index (χ1n) is 5.75. The van der Waals surface area contributed by atoms with Crippen LogP contribution in [-0.4, -0.2) is 25.4 Å². The molecule has 98 valence electrons. The Kier molecular flexibility index (Phi) is 6.09. The van der Waals surface area contributed by atoms with Crippen molar-refractivity contribution >= 4 is 0 Å². The summed E-state index contributed by atoms with van der Waals surface area (Å²) in [5.74, 6) is 12.4. The van der Waals surface area contributed by atoms with E-state index in [9.17, 15) is 0 Å². The third kappa shape index (κ3) is 5.21. The van der Waals surface area contributed by atoms with Crippen molar-refractivity contribution in [3.63, 3.8) is 0 Å². The molecule has 1 N–H and O–H groups in total. The number of ether oxygens (including phenoxy) is 2. The lowest BCUT2D eigenvalue weighted by Gasteiger charge is -2.06. The second kappa shape index (κ2) is 7.87. The van der Waals surface area contributed by atoms with Crippen molar-refractivity contribution in [2.24, 2.45) is 0 Å². The zero-order chi connectivity index (χ0) is 14.1. The van der Waals surface area contributed by atoms with Crippen LogP contribution in [-0.2, 0) is 0 Å². The van der Waals surface area contributed by atoms with E-state index in [2.05, 4.69) is 23.7 Å². The highest BCUT2D eigenvalue weighted by molar-refractivity contribution is 5.49. The standard InChI is InChI=1S/C16H16O3/c1-13(17)8-6-4-5-7-9-14-10-11-15(18-2)16(12-14)19-3/h4-5,10-13,17H,1-3H3/b5-4-/t13-/m0/s1. The summed E-state index contributed by atoms with van der Waals surface area (Å²) in [4.78, 5) is 0. The van der Waals surface area contributed by atoms with E-state index in [1.807, 2.05) is 6.07 Å². The number of aliphatic hydroxyl groups excluding tert-OH is 1. The van der Waals surface area contributed by atoms with Gasteiger partial charge < -0.3 is 14.6 Å². The normalized spacial score (nSPS) is 10.9. The molecule has 0 saturated heterocycles. The molecule has 0 spiro atoms. The first-order valence-corrected chi connectivity index (χ1v) is 5.75. The molecule has 1 atom stereocenters. The third-order valence-corrected chi connectivity index (χ3v) is 2.14. The van der Waals surface area contributed by atoms with Gasteiger partial charge in [0, 0.05) is 5.56 Å². The number of benzene rings is 1. The topological polar surface area (TPSA) is 38.7 Å².